The summed E-state index contributed by atoms with van der Waals surface area (Å²) in [6.07, 6.45) is 7.07. The minimum Gasteiger partial charge on any atom is -0.446 e. The summed E-state index contributed by atoms with van der Waals surface area (Å²) in [4.78, 5) is 37.4. The molecule has 0 bridgehead atoms. The van der Waals surface area contributed by atoms with Crippen LogP contribution in [0.2, 0.25) is 0 Å². The van der Waals surface area contributed by atoms with E-state index in [2.05, 4.69) is 19.2 Å². The minimum atomic E-state index is -0.971. The minimum absolute atomic E-state index is 0.00472. The van der Waals surface area contributed by atoms with E-state index in [1.807, 2.05) is 6.07 Å². The Morgan fingerprint density at radius 3 is 2.53 bits per heavy atom. The Bertz CT molecular complexity index is 1170. The highest BCUT2D eigenvalue weighted by Gasteiger charge is 2.70. The summed E-state index contributed by atoms with van der Waals surface area (Å²) in [5.41, 5.74) is -1.90. The highest BCUT2D eigenvalue weighted by molar-refractivity contribution is 5.83. The van der Waals surface area contributed by atoms with Crippen LogP contribution in [0.25, 0.3) is 0 Å². The summed E-state index contributed by atoms with van der Waals surface area (Å²) in [6.45, 7) is 5.24. The number of hydrogen-bond donors (Lipinski definition) is 3. The van der Waals surface area contributed by atoms with Crippen LogP contribution in [-0.4, -0.2) is 64.1 Å². The molecule has 8 unspecified atom stereocenters. The average molecular weight is 529 g/mol. The number of carbonyl (C=O) groups excluding carboxylic acids is 2. The van der Waals surface area contributed by atoms with Crippen molar-refractivity contribution in [2.24, 2.45) is 22.7 Å². The summed E-state index contributed by atoms with van der Waals surface area (Å²) in [6, 6.07) is 3.31. The third kappa shape index (κ3) is 3.68. The molecule has 0 aromatic carbocycles. The van der Waals surface area contributed by atoms with E-state index in [0.717, 1.165) is 37.7 Å². The van der Waals surface area contributed by atoms with E-state index < -0.39 is 17.3 Å². The molecule has 6 rings (SSSR count). The molecule has 5 aliphatic rings. The molecule has 4 saturated carbocycles. The lowest BCUT2D eigenvalue weighted by Gasteiger charge is -2.66. The molecule has 1 saturated heterocycles. The standard InChI is InChI=1S/C29H40N2O7/c1-26-9-5-19(38-25(34)31-14-13-30-23(32)16-31)15-28(26,35)11-7-22-21(26)6-10-27(2)20(8-12-29(22,27)36)18-3-4-24(33)37-17-18/h3-4,17,19-22,35-36H,5-16H2,1-2H3,(H,30,32). The van der Waals surface area contributed by atoms with Gasteiger partial charge in [0.15, 0.2) is 0 Å². The number of aliphatic hydroxyl groups is 2. The average Bonchev–Trinajstić information content (AvgIpc) is 3.16. The topological polar surface area (TPSA) is 129 Å². The van der Waals surface area contributed by atoms with Gasteiger partial charge in [-0.3, -0.25) is 9.69 Å². The number of carbonyl (C=O) groups is 2. The normalized spacial score (nSPS) is 44.4. The maximum atomic E-state index is 12.7. The van der Waals surface area contributed by atoms with Gasteiger partial charge in [0, 0.05) is 31.0 Å². The molecule has 2 heterocycles. The smallest absolute Gasteiger partial charge is 0.410 e. The number of nitrogens with zero attached hydrogens (tertiary/aromatic N) is 1. The van der Waals surface area contributed by atoms with Crippen LogP contribution < -0.4 is 10.9 Å². The first-order valence-corrected chi connectivity index (χ1v) is 14.2. The van der Waals surface area contributed by atoms with Crippen LogP contribution in [-0.2, 0) is 9.53 Å². The molecule has 3 N–H and O–H groups in total. The van der Waals surface area contributed by atoms with E-state index in [9.17, 15) is 24.6 Å². The maximum Gasteiger partial charge on any atom is 0.410 e. The van der Waals surface area contributed by atoms with Crippen LogP contribution in [0.3, 0.4) is 0 Å². The van der Waals surface area contributed by atoms with Crippen molar-refractivity contribution in [3.63, 3.8) is 0 Å². The molecule has 9 heteroatoms. The number of hydrogen-bond acceptors (Lipinski definition) is 7. The third-order valence-electron chi connectivity index (χ3n) is 11.6. The highest BCUT2D eigenvalue weighted by Crippen LogP contribution is 2.71. The van der Waals surface area contributed by atoms with Crippen molar-refractivity contribution >= 4 is 12.0 Å². The second kappa shape index (κ2) is 8.81. The van der Waals surface area contributed by atoms with Gasteiger partial charge in [-0.1, -0.05) is 13.8 Å². The zero-order valence-electron chi connectivity index (χ0n) is 22.4. The van der Waals surface area contributed by atoms with Gasteiger partial charge >= 0.3 is 11.7 Å². The summed E-state index contributed by atoms with van der Waals surface area (Å²) in [7, 11) is 0. The Morgan fingerprint density at radius 2 is 1.79 bits per heavy atom. The zero-order valence-corrected chi connectivity index (χ0v) is 22.4. The van der Waals surface area contributed by atoms with Gasteiger partial charge in [-0.25, -0.2) is 9.59 Å². The fraction of sp³-hybridized carbons (Fsp3) is 0.759. The van der Waals surface area contributed by atoms with Crippen molar-refractivity contribution < 1.29 is 29.0 Å². The number of fused-ring (bicyclic) bond motifs is 5. The predicted octanol–water partition coefficient (Wildman–Crippen LogP) is 2.93. The molecular weight excluding hydrogens is 488 g/mol. The van der Waals surface area contributed by atoms with Crippen molar-refractivity contribution in [1.82, 2.24) is 10.2 Å². The van der Waals surface area contributed by atoms with E-state index in [0.29, 0.717) is 38.8 Å². The number of nitrogens with one attached hydrogen (secondary N) is 1. The second-order valence-corrected chi connectivity index (χ2v) is 13.1. The van der Waals surface area contributed by atoms with Crippen molar-refractivity contribution in [2.75, 3.05) is 19.6 Å². The van der Waals surface area contributed by atoms with Gasteiger partial charge in [0.1, 0.15) is 12.6 Å². The fourth-order valence-corrected chi connectivity index (χ4v) is 9.39. The fourth-order valence-electron chi connectivity index (χ4n) is 9.39. The number of amides is 2. The SMILES string of the molecule is CC12CCC(OC(=O)N3CCNC(=O)C3)CC1(O)CCC1C2CCC2(C)C(c3ccc(=O)oc3)CCC12O. The molecule has 208 valence electrons. The van der Waals surface area contributed by atoms with Crippen LogP contribution >= 0.6 is 0 Å². The van der Waals surface area contributed by atoms with Gasteiger partial charge in [-0.05, 0) is 86.2 Å². The molecule has 8 atom stereocenters. The van der Waals surface area contributed by atoms with Gasteiger partial charge in [0.25, 0.3) is 0 Å². The molecular formula is C29H40N2O7. The lowest BCUT2D eigenvalue weighted by Crippen LogP contribution is -2.67. The van der Waals surface area contributed by atoms with E-state index in [-0.39, 0.29) is 52.8 Å². The summed E-state index contributed by atoms with van der Waals surface area (Å²) >= 11 is 0. The van der Waals surface area contributed by atoms with Crippen LogP contribution in [0.4, 0.5) is 4.79 Å². The molecule has 2 amide bonds. The van der Waals surface area contributed by atoms with E-state index in [1.54, 1.807) is 6.26 Å². The van der Waals surface area contributed by atoms with Gasteiger partial charge < -0.3 is 24.7 Å². The largest absolute Gasteiger partial charge is 0.446 e. The summed E-state index contributed by atoms with van der Waals surface area (Å²) < 4.78 is 11.0. The van der Waals surface area contributed by atoms with Crippen molar-refractivity contribution in [1.29, 1.82) is 0 Å². The molecule has 1 aliphatic heterocycles. The molecule has 1 aromatic heterocycles. The summed E-state index contributed by atoms with van der Waals surface area (Å²) in [5.74, 6) is 0.195. The third-order valence-corrected chi connectivity index (χ3v) is 11.6. The first kappa shape index (κ1) is 25.9. The number of ether oxygens (including phenoxy) is 1. The Labute approximate surface area is 222 Å². The Kier molecular flexibility index (Phi) is 6.00. The number of rotatable bonds is 2. The predicted molar refractivity (Wildman–Crippen MR) is 137 cm³/mol. The van der Waals surface area contributed by atoms with Crippen molar-refractivity contribution in [2.45, 2.75) is 94.9 Å². The highest BCUT2D eigenvalue weighted by atomic mass is 16.6. The second-order valence-electron chi connectivity index (χ2n) is 13.1. The monoisotopic (exact) mass is 528 g/mol. The number of piperazine rings is 1. The van der Waals surface area contributed by atoms with Gasteiger partial charge in [0.05, 0.1) is 17.5 Å². The lowest BCUT2D eigenvalue weighted by atomic mass is 9.42. The van der Waals surface area contributed by atoms with Gasteiger partial charge in [-0.15, -0.1) is 0 Å². The van der Waals surface area contributed by atoms with Crippen LogP contribution in [0.15, 0.2) is 27.6 Å². The van der Waals surface area contributed by atoms with Crippen LogP contribution in [0.1, 0.15) is 83.1 Å². The van der Waals surface area contributed by atoms with Gasteiger partial charge in [0.2, 0.25) is 5.91 Å². The van der Waals surface area contributed by atoms with E-state index >= 15 is 0 Å². The Morgan fingerprint density at radius 1 is 1.03 bits per heavy atom. The maximum absolute atomic E-state index is 12.7. The van der Waals surface area contributed by atoms with Crippen LogP contribution in [0, 0.1) is 22.7 Å². The lowest BCUT2D eigenvalue weighted by molar-refractivity contribution is -0.253. The van der Waals surface area contributed by atoms with Gasteiger partial charge in [-0.2, -0.15) is 0 Å². The quantitative estimate of drug-likeness (QED) is 0.538. The molecule has 0 radical (unpaired) electrons. The molecule has 38 heavy (non-hydrogen) atoms. The molecule has 9 nitrogen and oxygen atoms in total. The van der Waals surface area contributed by atoms with Crippen LogP contribution in [0.5, 0.6) is 0 Å². The molecule has 0 spiro atoms. The molecule has 1 aromatic rings. The van der Waals surface area contributed by atoms with E-state index in [1.165, 1.54) is 11.0 Å². The zero-order chi connectivity index (χ0) is 26.9. The molecule has 4 aliphatic carbocycles. The van der Waals surface area contributed by atoms with E-state index in [4.69, 9.17) is 9.15 Å². The Balaban J connectivity index is 1.19. The van der Waals surface area contributed by atoms with Crippen molar-refractivity contribution in [3.8, 4) is 0 Å². The molecule has 5 fully saturated rings. The first-order valence-electron chi connectivity index (χ1n) is 14.2. The Hall–Kier alpha value is -2.39. The first-order chi connectivity index (χ1) is 18.0. The van der Waals surface area contributed by atoms with Crippen molar-refractivity contribution in [3.05, 3.63) is 34.4 Å². The summed E-state index contributed by atoms with van der Waals surface area (Å²) in [5, 5.41) is 27.2.